The van der Waals surface area contributed by atoms with E-state index in [1.807, 2.05) is 24.3 Å². The van der Waals surface area contributed by atoms with E-state index in [2.05, 4.69) is 24.5 Å². The molecule has 0 aliphatic carbocycles. The lowest BCUT2D eigenvalue weighted by Crippen LogP contribution is -2.34. The monoisotopic (exact) mass is 362 g/mol. The lowest BCUT2D eigenvalue weighted by molar-refractivity contribution is 0.0978. The summed E-state index contributed by atoms with van der Waals surface area (Å²) in [6, 6.07) is 14.2. The number of amides is 1. The van der Waals surface area contributed by atoms with E-state index in [0.717, 1.165) is 11.4 Å². The fourth-order valence-corrected chi connectivity index (χ4v) is 2.34. The van der Waals surface area contributed by atoms with E-state index in [-0.39, 0.29) is 11.0 Å². The van der Waals surface area contributed by atoms with Crippen LogP contribution in [0.15, 0.2) is 48.5 Å². The second-order valence-electron chi connectivity index (χ2n) is 5.62. The van der Waals surface area contributed by atoms with Crippen molar-refractivity contribution >= 4 is 40.5 Å². The molecule has 0 saturated carbocycles. The predicted molar refractivity (Wildman–Crippen MR) is 102 cm³/mol. The van der Waals surface area contributed by atoms with Gasteiger partial charge < -0.3 is 10.1 Å². The molecule has 0 bridgehead atoms. The molecule has 0 aliphatic heterocycles. The molecule has 0 unspecified atom stereocenters. The minimum Gasteiger partial charge on any atom is -0.493 e. The second kappa shape index (κ2) is 8.66. The van der Waals surface area contributed by atoms with Crippen LogP contribution < -0.4 is 15.4 Å². The largest absolute Gasteiger partial charge is 0.493 e. The topological polar surface area (TPSA) is 50.4 Å². The van der Waals surface area contributed by atoms with Crippen molar-refractivity contribution in [3.63, 3.8) is 0 Å². The normalized spacial score (nSPS) is 10.3. The summed E-state index contributed by atoms with van der Waals surface area (Å²) in [7, 11) is 0. The fourth-order valence-electron chi connectivity index (χ4n) is 1.90. The Kier molecular flexibility index (Phi) is 6.58. The van der Waals surface area contributed by atoms with E-state index in [9.17, 15) is 4.79 Å². The number of benzene rings is 2. The summed E-state index contributed by atoms with van der Waals surface area (Å²) in [5.41, 5.74) is 1.11. The molecule has 24 heavy (non-hydrogen) atoms. The highest BCUT2D eigenvalue weighted by atomic mass is 35.5. The zero-order chi connectivity index (χ0) is 17.5. The Bertz CT molecular complexity index is 734. The number of hydrogen-bond acceptors (Lipinski definition) is 3. The van der Waals surface area contributed by atoms with Gasteiger partial charge >= 0.3 is 0 Å². The molecule has 2 N–H and O–H groups in total. The summed E-state index contributed by atoms with van der Waals surface area (Å²) < 4.78 is 5.67. The van der Waals surface area contributed by atoms with E-state index < -0.39 is 0 Å². The van der Waals surface area contributed by atoms with Crippen LogP contribution in [0.2, 0.25) is 5.02 Å². The molecule has 0 heterocycles. The van der Waals surface area contributed by atoms with Gasteiger partial charge in [-0.05, 0) is 42.4 Å². The van der Waals surface area contributed by atoms with Crippen molar-refractivity contribution in [1.29, 1.82) is 0 Å². The number of nitrogens with one attached hydrogen (secondary N) is 2. The molecule has 4 nitrogen and oxygen atoms in total. The first kappa shape index (κ1) is 18.2. The number of thiocarbonyl (C=S) groups is 1. The van der Waals surface area contributed by atoms with Crippen molar-refractivity contribution in [3.8, 4) is 5.75 Å². The SMILES string of the molecule is CC(C)COc1cccc(NC(=S)NC(=O)c2ccccc2Cl)c1. The molecule has 0 saturated heterocycles. The summed E-state index contributed by atoms with van der Waals surface area (Å²) in [5.74, 6) is 0.830. The van der Waals surface area contributed by atoms with Crippen LogP contribution in [0.3, 0.4) is 0 Å². The van der Waals surface area contributed by atoms with Gasteiger partial charge in [-0.2, -0.15) is 0 Å². The van der Waals surface area contributed by atoms with Crippen LogP contribution in [0.1, 0.15) is 24.2 Å². The quantitative estimate of drug-likeness (QED) is 0.769. The van der Waals surface area contributed by atoms with Gasteiger partial charge in [0.2, 0.25) is 0 Å². The maximum absolute atomic E-state index is 12.2. The van der Waals surface area contributed by atoms with Gasteiger partial charge in [0.15, 0.2) is 5.11 Å². The van der Waals surface area contributed by atoms with E-state index in [4.69, 9.17) is 28.6 Å². The Labute approximate surface area is 152 Å². The lowest BCUT2D eigenvalue weighted by Gasteiger charge is -2.12. The van der Waals surface area contributed by atoms with E-state index in [1.165, 1.54) is 0 Å². The van der Waals surface area contributed by atoms with Crippen molar-refractivity contribution in [2.75, 3.05) is 11.9 Å². The highest BCUT2D eigenvalue weighted by Gasteiger charge is 2.11. The van der Waals surface area contributed by atoms with Crippen LogP contribution in [0.25, 0.3) is 0 Å². The number of carbonyl (C=O) groups excluding carboxylic acids is 1. The average molecular weight is 363 g/mol. The molecule has 126 valence electrons. The summed E-state index contributed by atoms with van der Waals surface area (Å²) in [6.45, 7) is 4.81. The summed E-state index contributed by atoms with van der Waals surface area (Å²) >= 11 is 11.2. The molecule has 1 amide bonds. The highest BCUT2D eigenvalue weighted by molar-refractivity contribution is 7.80. The zero-order valence-electron chi connectivity index (χ0n) is 13.5. The number of anilines is 1. The maximum Gasteiger partial charge on any atom is 0.258 e. The molecule has 2 aromatic carbocycles. The molecule has 0 aliphatic rings. The molecule has 0 radical (unpaired) electrons. The molecule has 0 spiro atoms. The van der Waals surface area contributed by atoms with Gasteiger partial charge in [-0.25, -0.2) is 0 Å². The molecule has 2 aromatic rings. The number of ether oxygens (including phenoxy) is 1. The molecule has 2 rings (SSSR count). The highest BCUT2D eigenvalue weighted by Crippen LogP contribution is 2.18. The Balaban J connectivity index is 1.96. The summed E-state index contributed by atoms with van der Waals surface area (Å²) in [4.78, 5) is 12.2. The molecular formula is C18H19ClN2O2S. The molecule has 0 atom stereocenters. The number of rotatable bonds is 5. The predicted octanol–water partition coefficient (Wildman–Crippen LogP) is 4.50. The molecular weight excluding hydrogens is 344 g/mol. The summed E-state index contributed by atoms with van der Waals surface area (Å²) in [5, 5.41) is 6.15. The first-order valence-corrected chi connectivity index (χ1v) is 8.34. The zero-order valence-corrected chi connectivity index (χ0v) is 15.1. The van der Waals surface area contributed by atoms with E-state index >= 15 is 0 Å². The lowest BCUT2D eigenvalue weighted by atomic mass is 10.2. The molecule has 0 fully saturated rings. The number of halogens is 1. The van der Waals surface area contributed by atoms with Gasteiger partial charge in [-0.3, -0.25) is 10.1 Å². The van der Waals surface area contributed by atoms with Gasteiger partial charge in [-0.1, -0.05) is 43.6 Å². The Morgan fingerprint density at radius 1 is 1.21 bits per heavy atom. The van der Waals surface area contributed by atoms with Crippen molar-refractivity contribution < 1.29 is 9.53 Å². The standard InChI is InChI=1S/C18H19ClN2O2S/c1-12(2)11-23-14-7-5-6-13(10-14)20-18(24)21-17(22)15-8-3-4-9-16(15)19/h3-10,12H,11H2,1-2H3,(H2,20,21,22,24). The third-order valence-electron chi connectivity index (χ3n) is 3.02. The van der Waals surface area contributed by atoms with Crippen LogP contribution >= 0.6 is 23.8 Å². The number of carbonyl (C=O) groups is 1. The summed E-state index contributed by atoms with van der Waals surface area (Å²) in [6.07, 6.45) is 0. The third-order valence-corrected chi connectivity index (χ3v) is 3.55. The van der Waals surface area contributed by atoms with Crippen molar-refractivity contribution in [2.45, 2.75) is 13.8 Å². The van der Waals surface area contributed by atoms with Gasteiger partial charge in [-0.15, -0.1) is 0 Å². The molecule has 6 heteroatoms. The second-order valence-corrected chi connectivity index (χ2v) is 6.44. The van der Waals surface area contributed by atoms with Gasteiger partial charge in [0.25, 0.3) is 5.91 Å². The van der Waals surface area contributed by atoms with Crippen LogP contribution in [0.4, 0.5) is 5.69 Å². The van der Waals surface area contributed by atoms with Crippen LogP contribution in [-0.2, 0) is 0 Å². The maximum atomic E-state index is 12.2. The number of hydrogen-bond donors (Lipinski definition) is 2. The molecule has 0 aromatic heterocycles. The Morgan fingerprint density at radius 2 is 1.96 bits per heavy atom. The van der Waals surface area contributed by atoms with Gasteiger partial charge in [0, 0.05) is 11.8 Å². The first-order chi connectivity index (χ1) is 11.5. The van der Waals surface area contributed by atoms with Gasteiger partial charge in [0.1, 0.15) is 5.75 Å². The van der Waals surface area contributed by atoms with Crippen molar-refractivity contribution in [3.05, 3.63) is 59.1 Å². The smallest absolute Gasteiger partial charge is 0.258 e. The Morgan fingerprint density at radius 3 is 2.67 bits per heavy atom. The van der Waals surface area contributed by atoms with Crippen molar-refractivity contribution in [2.24, 2.45) is 5.92 Å². The van der Waals surface area contributed by atoms with E-state index in [1.54, 1.807) is 24.3 Å². The first-order valence-electron chi connectivity index (χ1n) is 7.55. The van der Waals surface area contributed by atoms with Crippen molar-refractivity contribution in [1.82, 2.24) is 5.32 Å². The van der Waals surface area contributed by atoms with Gasteiger partial charge in [0.05, 0.1) is 17.2 Å². The van der Waals surface area contributed by atoms with E-state index in [0.29, 0.717) is 23.1 Å². The Hall–Kier alpha value is -2.11. The third kappa shape index (κ3) is 5.51. The fraction of sp³-hybridized carbons (Fsp3) is 0.222. The van der Waals surface area contributed by atoms with Crippen LogP contribution in [0.5, 0.6) is 5.75 Å². The minimum atomic E-state index is -0.356. The van der Waals surface area contributed by atoms with Crippen LogP contribution in [-0.4, -0.2) is 17.6 Å². The van der Waals surface area contributed by atoms with Crippen LogP contribution in [0, 0.1) is 5.92 Å². The minimum absolute atomic E-state index is 0.195. The average Bonchev–Trinajstić information content (AvgIpc) is 2.53.